The molecule has 30 heavy (non-hydrogen) atoms. The van der Waals surface area contributed by atoms with Gasteiger partial charge in [0.1, 0.15) is 18.1 Å². The molecule has 5 rings (SSSR count). The van der Waals surface area contributed by atoms with Crippen LogP contribution in [-0.4, -0.2) is 37.1 Å². The highest BCUT2D eigenvalue weighted by molar-refractivity contribution is 7.19. The number of nitrogens with zero attached hydrogens (tertiary/aromatic N) is 5. The molecule has 1 N–H and O–H groups in total. The molecule has 0 bridgehead atoms. The molecule has 0 atom stereocenters. The van der Waals surface area contributed by atoms with Gasteiger partial charge in [0, 0.05) is 5.56 Å². The van der Waals surface area contributed by atoms with Gasteiger partial charge >= 0.3 is 0 Å². The number of aromatic nitrogens is 6. The Morgan fingerprint density at radius 1 is 1.03 bits per heavy atom. The van der Waals surface area contributed by atoms with Crippen molar-refractivity contribution in [2.45, 2.75) is 13.5 Å². The number of ether oxygens (including phenoxy) is 2. The number of aromatic amines is 1. The number of methoxy groups -OCH3 is 1. The van der Waals surface area contributed by atoms with E-state index in [1.54, 1.807) is 11.6 Å². The zero-order chi connectivity index (χ0) is 20.5. The summed E-state index contributed by atoms with van der Waals surface area (Å²) in [5, 5.41) is 21.3. The van der Waals surface area contributed by atoms with Crippen molar-refractivity contribution in [1.29, 1.82) is 0 Å². The fourth-order valence-corrected chi connectivity index (χ4v) is 3.87. The van der Waals surface area contributed by atoms with Crippen molar-refractivity contribution in [3.05, 3.63) is 66.0 Å². The lowest BCUT2D eigenvalue weighted by atomic mass is 10.1. The molecule has 0 saturated carbocycles. The molecule has 8 nitrogen and oxygen atoms in total. The summed E-state index contributed by atoms with van der Waals surface area (Å²) in [7, 11) is 1.65. The normalized spacial score (nSPS) is 11.1. The summed E-state index contributed by atoms with van der Waals surface area (Å²) in [5.74, 6) is 2.24. The highest BCUT2D eigenvalue weighted by atomic mass is 32.1. The average molecular weight is 418 g/mol. The molecule has 0 aliphatic heterocycles. The number of nitrogens with one attached hydrogen (secondary N) is 1. The van der Waals surface area contributed by atoms with Crippen LogP contribution < -0.4 is 9.47 Å². The zero-order valence-corrected chi connectivity index (χ0v) is 17.2. The quantitative estimate of drug-likeness (QED) is 0.446. The second-order valence-electron chi connectivity index (χ2n) is 6.72. The molecule has 5 aromatic rings. The van der Waals surface area contributed by atoms with Crippen LogP contribution in [0.5, 0.6) is 11.5 Å². The molecule has 0 amide bonds. The van der Waals surface area contributed by atoms with Gasteiger partial charge in [-0.05, 0) is 55.0 Å². The predicted molar refractivity (Wildman–Crippen MR) is 114 cm³/mol. The molecule has 0 aliphatic rings. The third-order valence-corrected chi connectivity index (χ3v) is 5.54. The van der Waals surface area contributed by atoms with Crippen molar-refractivity contribution >= 4 is 16.3 Å². The second kappa shape index (κ2) is 7.60. The average Bonchev–Trinajstić information content (AvgIpc) is 3.48. The molecule has 2 aromatic carbocycles. The first-order valence-electron chi connectivity index (χ1n) is 9.30. The van der Waals surface area contributed by atoms with E-state index in [0.29, 0.717) is 10.8 Å². The zero-order valence-electron chi connectivity index (χ0n) is 16.4. The predicted octanol–water partition coefficient (Wildman–Crippen LogP) is 4.14. The number of H-pyrrole nitrogens is 1. The molecule has 0 radical (unpaired) electrons. The molecule has 0 saturated heterocycles. The summed E-state index contributed by atoms with van der Waals surface area (Å²) in [6.07, 6.45) is 0. The smallest absolute Gasteiger partial charge is 0.235 e. The topological polar surface area (TPSA) is 90.2 Å². The lowest BCUT2D eigenvalue weighted by Gasteiger charge is -2.04. The van der Waals surface area contributed by atoms with Gasteiger partial charge < -0.3 is 9.47 Å². The molecule has 3 aromatic heterocycles. The lowest BCUT2D eigenvalue weighted by molar-refractivity contribution is 0.292. The van der Waals surface area contributed by atoms with Crippen molar-refractivity contribution in [2.75, 3.05) is 7.11 Å². The van der Waals surface area contributed by atoms with Gasteiger partial charge in [-0.1, -0.05) is 23.5 Å². The first-order chi connectivity index (χ1) is 14.7. The van der Waals surface area contributed by atoms with E-state index in [1.165, 1.54) is 11.3 Å². The van der Waals surface area contributed by atoms with E-state index in [9.17, 15) is 0 Å². The van der Waals surface area contributed by atoms with Crippen molar-refractivity contribution in [3.63, 3.8) is 0 Å². The van der Waals surface area contributed by atoms with E-state index in [0.717, 1.165) is 39.0 Å². The maximum Gasteiger partial charge on any atom is 0.235 e. The van der Waals surface area contributed by atoms with Crippen LogP contribution in [0.15, 0.2) is 54.6 Å². The molecule has 0 spiro atoms. The Bertz CT molecular complexity index is 1300. The summed E-state index contributed by atoms with van der Waals surface area (Å²) in [4.78, 5) is 0.702. The minimum Gasteiger partial charge on any atom is -0.497 e. The van der Waals surface area contributed by atoms with Crippen LogP contribution in [0.3, 0.4) is 0 Å². The summed E-state index contributed by atoms with van der Waals surface area (Å²) in [6, 6.07) is 17.6. The van der Waals surface area contributed by atoms with E-state index in [4.69, 9.17) is 9.47 Å². The molecule has 3 heterocycles. The lowest BCUT2D eigenvalue weighted by Crippen LogP contribution is -2.02. The molecular formula is C21H18N6O2S. The third kappa shape index (κ3) is 3.50. The van der Waals surface area contributed by atoms with Crippen LogP contribution in [0.4, 0.5) is 0 Å². The molecular weight excluding hydrogens is 400 g/mol. The first-order valence-corrected chi connectivity index (χ1v) is 10.1. The fraction of sp³-hybridized carbons (Fsp3) is 0.143. The Morgan fingerprint density at radius 3 is 2.70 bits per heavy atom. The Labute approximate surface area is 176 Å². The molecule has 0 aliphatic carbocycles. The standard InChI is InChI=1S/C21H18N6O2S/c1-13-4-3-5-16(10-13)29-12-19-24-25-21-27(19)26-20(30-21)18-11-17(22-23-18)14-6-8-15(28-2)9-7-14/h3-11H,12H2,1-2H3,(H,22,23). The summed E-state index contributed by atoms with van der Waals surface area (Å²) in [6.45, 7) is 2.31. The van der Waals surface area contributed by atoms with Gasteiger partial charge in [0.2, 0.25) is 4.96 Å². The van der Waals surface area contributed by atoms with Crippen molar-refractivity contribution in [1.82, 2.24) is 30.0 Å². The van der Waals surface area contributed by atoms with Crippen molar-refractivity contribution in [2.24, 2.45) is 0 Å². The van der Waals surface area contributed by atoms with E-state index in [1.807, 2.05) is 61.5 Å². The number of fused-ring (bicyclic) bond motifs is 1. The summed E-state index contributed by atoms with van der Waals surface area (Å²) < 4.78 is 12.8. The van der Waals surface area contributed by atoms with Gasteiger partial charge in [0.05, 0.1) is 18.5 Å². The molecule has 0 unspecified atom stereocenters. The van der Waals surface area contributed by atoms with E-state index in [-0.39, 0.29) is 6.61 Å². The van der Waals surface area contributed by atoms with E-state index >= 15 is 0 Å². The van der Waals surface area contributed by atoms with Gasteiger partial charge in [0.25, 0.3) is 0 Å². The summed E-state index contributed by atoms with van der Waals surface area (Å²) in [5.41, 5.74) is 3.79. The van der Waals surface area contributed by atoms with Crippen LogP contribution in [0, 0.1) is 6.92 Å². The second-order valence-corrected chi connectivity index (χ2v) is 7.67. The molecule has 9 heteroatoms. The van der Waals surface area contributed by atoms with Crippen LogP contribution >= 0.6 is 11.3 Å². The SMILES string of the molecule is COc1ccc(-c2cc(-c3nn4c(COc5cccc(C)c5)nnc4s3)[nH]n2)cc1. The fourth-order valence-electron chi connectivity index (χ4n) is 3.05. The molecule has 150 valence electrons. The number of benzene rings is 2. The minimum atomic E-state index is 0.286. The van der Waals surface area contributed by atoms with Gasteiger partial charge in [-0.2, -0.15) is 14.7 Å². The van der Waals surface area contributed by atoms with E-state index < -0.39 is 0 Å². The van der Waals surface area contributed by atoms with Crippen LogP contribution in [-0.2, 0) is 6.61 Å². The van der Waals surface area contributed by atoms with E-state index in [2.05, 4.69) is 25.5 Å². The largest absolute Gasteiger partial charge is 0.497 e. The van der Waals surface area contributed by atoms with Crippen molar-refractivity contribution < 1.29 is 9.47 Å². The number of rotatable bonds is 6. The number of aryl methyl sites for hydroxylation is 1. The minimum absolute atomic E-state index is 0.286. The Morgan fingerprint density at radius 2 is 1.90 bits per heavy atom. The van der Waals surface area contributed by atoms with Crippen LogP contribution in [0.1, 0.15) is 11.4 Å². The van der Waals surface area contributed by atoms with Gasteiger partial charge in [0.15, 0.2) is 10.8 Å². The Hall–Kier alpha value is -3.72. The Kier molecular flexibility index (Phi) is 4.64. The maximum atomic E-state index is 5.85. The highest BCUT2D eigenvalue weighted by Gasteiger charge is 2.15. The molecule has 0 fully saturated rings. The highest BCUT2D eigenvalue weighted by Crippen LogP contribution is 2.28. The van der Waals surface area contributed by atoms with Crippen LogP contribution in [0.25, 0.3) is 26.9 Å². The first kappa shape index (κ1) is 18.3. The van der Waals surface area contributed by atoms with Gasteiger partial charge in [-0.25, -0.2) is 0 Å². The monoisotopic (exact) mass is 418 g/mol. The van der Waals surface area contributed by atoms with Crippen LogP contribution in [0.2, 0.25) is 0 Å². The summed E-state index contributed by atoms with van der Waals surface area (Å²) >= 11 is 1.44. The van der Waals surface area contributed by atoms with Gasteiger partial charge in [-0.15, -0.1) is 10.2 Å². The maximum absolute atomic E-state index is 5.85. The third-order valence-electron chi connectivity index (χ3n) is 4.61. The Balaban J connectivity index is 1.37. The van der Waals surface area contributed by atoms with Crippen molar-refractivity contribution in [3.8, 4) is 33.5 Å². The number of hydrogen-bond acceptors (Lipinski definition) is 7. The number of hydrogen-bond donors (Lipinski definition) is 1. The van der Waals surface area contributed by atoms with Gasteiger partial charge in [-0.3, -0.25) is 5.10 Å².